The Morgan fingerprint density at radius 3 is 2.88 bits per heavy atom. The third-order valence-electron chi connectivity index (χ3n) is 4.25. The molecule has 1 aliphatic rings. The number of carbonyl (C=O) groups excluding carboxylic acids is 1. The van der Waals surface area contributed by atoms with Crippen molar-refractivity contribution in [1.29, 1.82) is 0 Å². The third-order valence-corrected chi connectivity index (χ3v) is 4.25. The van der Waals surface area contributed by atoms with E-state index in [9.17, 15) is 9.90 Å². The molecule has 1 atom stereocenters. The van der Waals surface area contributed by atoms with Crippen LogP contribution in [0.4, 0.5) is 0 Å². The number of aromatic nitrogens is 3. The second kappa shape index (κ2) is 7.28. The van der Waals surface area contributed by atoms with Gasteiger partial charge in [0.05, 0.1) is 12.1 Å². The van der Waals surface area contributed by atoms with Gasteiger partial charge in [0.1, 0.15) is 0 Å². The monoisotopic (exact) mass is 345 g/mol. The third kappa shape index (κ3) is 4.40. The predicted molar refractivity (Wildman–Crippen MR) is 90.6 cm³/mol. The van der Waals surface area contributed by atoms with Crippen molar-refractivity contribution in [2.24, 2.45) is 0 Å². The van der Waals surface area contributed by atoms with Crippen LogP contribution in [-0.2, 0) is 11.2 Å². The van der Waals surface area contributed by atoms with Crippen molar-refractivity contribution in [3.05, 3.63) is 30.4 Å². The van der Waals surface area contributed by atoms with Crippen LogP contribution in [0.1, 0.15) is 18.7 Å². The van der Waals surface area contributed by atoms with E-state index in [0.29, 0.717) is 44.2 Å². The summed E-state index contributed by atoms with van der Waals surface area (Å²) in [6.07, 6.45) is 4.60. The van der Waals surface area contributed by atoms with Crippen LogP contribution in [0.15, 0.2) is 29.0 Å². The highest BCUT2D eigenvalue weighted by Crippen LogP contribution is 2.23. The van der Waals surface area contributed by atoms with E-state index < -0.39 is 5.60 Å². The quantitative estimate of drug-likeness (QED) is 0.818. The maximum Gasteiger partial charge on any atom is 0.227 e. The Kier molecular flexibility index (Phi) is 5.10. The molecule has 2 aromatic heterocycles. The molecule has 1 amide bonds. The second-order valence-corrected chi connectivity index (χ2v) is 6.78. The van der Waals surface area contributed by atoms with Crippen LogP contribution in [0.2, 0.25) is 0 Å². The molecule has 8 nitrogen and oxygen atoms in total. The molecule has 3 heterocycles. The van der Waals surface area contributed by atoms with Gasteiger partial charge in [0.15, 0.2) is 0 Å². The van der Waals surface area contributed by atoms with Gasteiger partial charge in [0.25, 0.3) is 0 Å². The van der Waals surface area contributed by atoms with Crippen molar-refractivity contribution in [2.45, 2.75) is 24.9 Å². The summed E-state index contributed by atoms with van der Waals surface area (Å²) >= 11 is 0. The van der Waals surface area contributed by atoms with E-state index in [2.05, 4.69) is 15.1 Å². The highest BCUT2D eigenvalue weighted by Gasteiger charge is 2.38. The van der Waals surface area contributed by atoms with Crippen molar-refractivity contribution in [3.8, 4) is 11.4 Å². The summed E-state index contributed by atoms with van der Waals surface area (Å²) in [6.45, 7) is 1.50. The van der Waals surface area contributed by atoms with Gasteiger partial charge in [-0.25, -0.2) is 0 Å². The number of pyridine rings is 1. The summed E-state index contributed by atoms with van der Waals surface area (Å²) in [7, 11) is 3.83. The lowest BCUT2D eigenvalue weighted by Crippen LogP contribution is -2.43. The Morgan fingerprint density at radius 1 is 1.40 bits per heavy atom. The lowest BCUT2D eigenvalue weighted by molar-refractivity contribution is -0.131. The van der Waals surface area contributed by atoms with Gasteiger partial charge >= 0.3 is 0 Å². The van der Waals surface area contributed by atoms with E-state index in [1.165, 1.54) is 0 Å². The number of aliphatic hydroxyl groups is 1. The highest BCUT2D eigenvalue weighted by molar-refractivity contribution is 5.76. The number of likely N-dealkylation sites (N-methyl/N-ethyl adjacent to an activating group) is 1. The first-order chi connectivity index (χ1) is 12.0. The molecule has 1 fully saturated rings. The average Bonchev–Trinajstić information content (AvgIpc) is 3.20. The van der Waals surface area contributed by atoms with Crippen LogP contribution < -0.4 is 0 Å². The molecule has 1 saturated heterocycles. The van der Waals surface area contributed by atoms with Gasteiger partial charge < -0.3 is 19.4 Å². The zero-order valence-electron chi connectivity index (χ0n) is 14.6. The summed E-state index contributed by atoms with van der Waals surface area (Å²) in [5.41, 5.74) is 0.00245. The van der Waals surface area contributed by atoms with Crippen LogP contribution in [0.3, 0.4) is 0 Å². The first kappa shape index (κ1) is 17.5. The summed E-state index contributed by atoms with van der Waals surface area (Å²) in [4.78, 5) is 24.3. The van der Waals surface area contributed by atoms with Crippen LogP contribution in [0.5, 0.6) is 0 Å². The normalized spacial score (nSPS) is 20.4. The van der Waals surface area contributed by atoms with E-state index in [0.717, 1.165) is 5.56 Å². The Labute approximate surface area is 146 Å². The molecule has 25 heavy (non-hydrogen) atoms. The molecule has 0 radical (unpaired) electrons. The molecule has 1 unspecified atom stereocenters. The molecule has 134 valence electrons. The summed E-state index contributed by atoms with van der Waals surface area (Å²) in [5.74, 6) is 0.924. The van der Waals surface area contributed by atoms with Crippen molar-refractivity contribution in [1.82, 2.24) is 24.9 Å². The van der Waals surface area contributed by atoms with Gasteiger partial charge in [-0.3, -0.25) is 9.78 Å². The zero-order valence-corrected chi connectivity index (χ0v) is 14.6. The fraction of sp³-hybridized carbons (Fsp3) is 0.529. The van der Waals surface area contributed by atoms with Crippen molar-refractivity contribution in [2.75, 3.05) is 33.7 Å². The molecule has 8 heteroatoms. The maximum absolute atomic E-state index is 12.4. The number of nitrogens with zero attached hydrogens (tertiary/aromatic N) is 5. The van der Waals surface area contributed by atoms with Gasteiger partial charge in [-0.15, -0.1) is 0 Å². The molecule has 0 spiro atoms. The summed E-state index contributed by atoms with van der Waals surface area (Å²) < 4.78 is 5.22. The lowest BCUT2D eigenvalue weighted by Gasteiger charge is -2.26. The first-order valence-corrected chi connectivity index (χ1v) is 8.33. The first-order valence-electron chi connectivity index (χ1n) is 8.33. The molecule has 2 aromatic rings. The number of carbonyl (C=O) groups is 1. The molecule has 0 bridgehead atoms. The number of amides is 1. The number of hydrogen-bond acceptors (Lipinski definition) is 7. The fourth-order valence-electron chi connectivity index (χ4n) is 3.13. The number of rotatable bonds is 6. The lowest BCUT2D eigenvalue weighted by atomic mass is 10.0. The Morgan fingerprint density at radius 2 is 2.16 bits per heavy atom. The van der Waals surface area contributed by atoms with E-state index in [1.807, 2.05) is 19.0 Å². The topological polar surface area (TPSA) is 95.6 Å². The number of aryl methyl sites for hydroxylation is 1. The van der Waals surface area contributed by atoms with E-state index in [-0.39, 0.29) is 12.3 Å². The van der Waals surface area contributed by atoms with Crippen LogP contribution >= 0.6 is 0 Å². The van der Waals surface area contributed by atoms with E-state index in [1.54, 1.807) is 29.4 Å². The van der Waals surface area contributed by atoms with Gasteiger partial charge in [-0.05, 0) is 32.6 Å². The van der Waals surface area contributed by atoms with E-state index in [4.69, 9.17) is 4.52 Å². The van der Waals surface area contributed by atoms with Crippen molar-refractivity contribution < 1.29 is 14.4 Å². The molecular weight excluding hydrogens is 322 g/mol. The van der Waals surface area contributed by atoms with Crippen LogP contribution in [0, 0.1) is 0 Å². The average molecular weight is 345 g/mol. The largest absolute Gasteiger partial charge is 0.387 e. The molecule has 0 aromatic carbocycles. The predicted octanol–water partition coefficient (Wildman–Crippen LogP) is 0.589. The number of likely N-dealkylation sites (tertiary alicyclic amines) is 1. The molecule has 1 aliphatic heterocycles. The Balaban J connectivity index is 1.53. The Bertz CT molecular complexity index is 718. The molecular formula is C17H23N5O3. The molecule has 0 saturated carbocycles. The molecule has 3 rings (SSSR count). The Hall–Kier alpha value is -2.32. The van der Waals surface area contributed by atoms with Gasteiger partial charge in [0, 0.05) is 43.9 Å². The minimum Gasteiger partial charge on any atom is -0.387 e. The van der Waals surface area contributed by atoms with Crippen LogP contribution in [0.25, 0.3) is 11.4 Å². The molecule has 0 aliphatic carbocycles. The molecule has 1 N–H and O–H groups in total. The second-order valence-electron chi connectivity index (χ2n) is 6.78. The SMILES string of the molecule is CN(C)CC1(O)CCN(C(=O)CCc2nc(-c3ccncc3)no2)C1. The highest BCUT2D eigenvalue weighted by atomic mass is 16.5. The van der Waals surface area contributed by atoms with Crippen molar-refractivity contribution in [3.63, 3.8) is 0 Å². The van der Waals surface area contributed by atoms with E-state index >= 15 is 0 Å². The number of β-amino-alcohol motifs (C(OH)–C–C–N with tert-alkyl or cyclic N) is 1. The summed E-state index contributed by atoms with van der Waals surface area (Å²) in [5, 5.41) is 14.4. The standard InChI is InChI=1S/C17H23N5O3/c1-21(2)11-17(24)7-10-22(12-17)15(23)4-3-14-19-16(20-25-14)13-5-8-18-9-6-13/h5-6,8-9,24H,3-4,7,10-12H2,1-2H3. The van der Waals surface area contributed by atoms with Gasteiger partial charge in [-0.1, -0.05) is 5.16 Å². The number of hydrogen-bond donors (Lipinski definition) is 1. The maximum atomic E-state index is 12.4. The minimum atomic E-state index is -0.821. The van der Waals surface area contributed by atoms with Gasteiger partial charge in [-0.2, -0.15) is 4.98 Å². The van der Waals surface area contributed by atoms with Gasteiger partial charge in [0.2, 0.25) is 17.6 Å². The smallest absolute Gasteiger partial charge is 0.227 e. The fourth-order valence-corrected chi connectivity index (χ4v) is 3.13. The van der Waals surface area contributed by atoms with Crippen molar-refractivity contribution >= 4 is 5.91 Å². The minimum absolute atomic E-state index is 0.00153. The zero-order chi connectivity index (χ0) is 17.9. The summed E-state index contributed by atoms with van der Waals surface area (Å²) in [6, 6.07) is 3.60. The van der Waals surface area contributed by atoms with Crippen LogP contribution in [-0.4, -0.2) is 75.3 Å².